The molecule has 1 aromatic carbocycles. The second-order valence-corrected chi connectivity index (χ2v) is 9.69. The van der Waals surface area contributed by atoms with Crippen molar-refractivity contribution in [2.75, 3.05) is 13.6 Å². The Labute approximate surface area is 180 Å². The predicted molar refractivity (Wildman–Crippen MR) is 124 cm³/mol. The Kier molecular flexibility index (Phi) is 5.31. The number of aryl methyl sites for hydroxylation is 3. The zero-order valence-electron chi connectivity index (χ0n) is 19.5. The van der Waals surface area contributed by atoms with Crippen molar-refractivity contribution in [3.05, 3.63) is 57.1 Å². The van der Waals surface area contributed by atoms with Gasteiger partial charge in [0.25, 0.3) is 0 Å². The first-order valence-electron chi connectivity index (χ1n) is 11.2. The Bertz CT molecular complexity index is 928. The number of ether oxygens (including phenoxy) is 1. The van der Waals surface area contributed by atoms with Gasteiger partial charge in [0.05, 0.1) is 0 Å². The highest BCUT2D eigenvalue weighted by molar-refractivity contribution is 6.00. The van der Waals surface area contributed by atoms with E-state index in [0.29, 0.717) is 24.3 Å². The summed E-state index contributed by atoms with van der Waals surface area (Å²) in [6.45, 7) is 13.1. The molecular weight excluding hydrogens is 374 g/mol. The zero-order valence-corrected chi connectivity index (χ0v) is 19.5. The second kappa shape index (κ2) is 7.54. The number of hydrogen-bond donors (Lipinski definition) is 0. The molecule has 1 aliphatic carbocycles. The Morgan fingerprint density at radius 2 is 1.67 bits per heavy atom. The molecule has 0 aromatic heterocycles. The van der Waals surface area contributed by atoms with Crippen molar-refractivity contribution in [2.24, 2.45) is 16.9 Å². The van der Waals surface area contributed by atoms with Crippen molar-refractivity contribution in [1.82, 2.24) is 9.66 Å². The van der Waals surface area contributed by atoms with E-state index in [-0.39, 0.29) is 6.10 Å². The summed E-state index contributed by atoms with van der Waals surface area (Å²) < 4.78 is 6.04. The molecule has 0 amide bonds. The van der Waals surface area contributed by atoms with Gasteiger partial charge >= 0.3 is 0 Å². The lowest BCUT2D eigenvalue weighted by Crippen LogP contribution is -2.45. The molecule has 0 spiro atoms. The molecule has 0 bridgehead atoms. The van der Waals surface area contributed by atoms with Crippen molar-refractivity contribution in [3.8, 4) is 0 Å². The van der Waals surface area contributed by atoms with Gasteiger partial charge in [0.1, 0.15) is 29.6 Å². The SMILES string of the molecule is CC1=CC2=C(CN(C)N=C2OC2C(C)CCCC2C)[N+]1([O-])c1c(C)cc(C)cc1C. The van der Waals surface area contributed by atoms with Crippen LogP contribution in [0, 0.1) is 37.8 Å². The van der Waals surface area contributed by atoms with Gasteiger partial charge in [-0.1, -0.05) is 38.0 Å². The van der Waals surface area contributed by atoms with Crippen molar-refractivity contribution >= 4 is 11.6 Å². The van der Waals surface area contributed by atoms with Gasteiger partial charge in [0, 0.05) is 31.2 Å². The summed E-state index contributed by atoms with van der Waals surface area (Å²) in [4.78, 5) is 0. The van der Waals surface area contributed by atoms with Crippen LogP contribution in [0.5, 0.6) is 0 Å². The summed E-state index contributed by atoms with van der Waals surface area (Å²) in [5, 5.41) is 21.1. The molecular formula is C25H35N3O2. The highest BCUT2D eigenvalue weighted by Gasteiger charge is 2.44. The summed E-state index contributed by atoms with van der Waals surface area (Å²) in [6, 6.07) is 4.21. The fraction of sp³-hybridized carbons (Fsp3) is 0.560. The minimum absolute atomic E-state index is 0.142. The Balaban J connectivity index is 1.78. The van der Waals surface area contributed by atoms with Crippen LogP contribution in [-0.4, -0.2) is 30.6 Å². The van der Waals surface area contributed by atoms with E-state index in [9.17, 15) is 5.21 Å². The number of hydroxylamine groups is 2. The van der Waals surface area contributed by atoms with Gasteiger partial charge in [-0.2, -0.15) is 0 Å². The third kappa shape index (κ3) is 3.28. The maximum absolute atomic E-state index is 14.5. The third-order valence-corrected chi connectivity index (χ3v) is 7.05. The first-order valence-corrected chi connectivity index (χ1v) is 11.2. The normalized spacial score (nSPS) is 31.5. The van der Waals surface area contributed by atoms with Crippen LogP contribution >= 0.6 is 0 Å². The average molecular weight is 410 g/mol. The van der Waals surface area contributed by atoms with Crippen LogP contribution in [0.4, 0.5) is 5.69 Å². The highest BCUT2D eigenvalue weighted by atomic mass is 16.6. The van der Waals surface area contributed by atoms with E-state index in [1.165, 1.54) is 24.8 Å². The molecule has 1 aromatic rings. The minimum atomic E-state index is -0.518. The van der Waals surface area contributed by atoms with E-state index < -0.39 is 4.65 Å². The number of nitrogens with zero attached hydrogens (tertiary/aromatic N) is 3. The van der Waals surface area contributed by atoms with E-state index in [1.54, 1.807) is 0 Å². The molecule has 0 N–H and O–H groups in total. The molecule has 0 saturated heterocycles. The average Bonchev–Trinajstić information content (AvgIpc) is 2.89. The number of rotatable bonds is 2. The van der Waals surface area contributed by atoms with E-state index >= 15 is 0 Å². The van der Waals surface area contributed by atoms with Crippen molar-refractivity contribution in [2.45, 2.75) is 66.9 Å². The van der Waals surface area contributed by atoms with Crippen LogP contribution in [0.2, 0.25) is 0 Å². The second-order valence-electron chi connectivity index (χ2n) is 9.69. The molecule has 2 aliphatic heterocycles. The molecule has 1 saturated carbocycles. The van der Waals surface area contributed by atoms with Crippen molar-refractivity contribution in [3.63, 3.8) is 0 Å². The van der Waals surface area contributed by atoms with Crippen LogP contribution in [0.15, 0.2) is 40.3 Å². The molecule has 30 heavy (non-hydrogen) atoms. The molecule has 2 heterocycles. The van der Waals surface area contributed by atoms with Crippen molar-refractivity contribution in [1.29, 1.82) is 0 Å². The maximum Gasteiger partial charge on any atom is 0.244 e. The lowest BCUT2D eigenvalue weighted by molar-refractivity contribution is 0.0426. The number of likely N-dealkylation sites (N-methyl/N-ethyl adjacent to an activating group) is 1. The van der Waals surface area contributed by atoms with E-state index in [2.05, 4.69) is 32.9 Å². The van der Waals surface area contributed by atoms with E-state index in [0.717, 1.165) is 33.8 Å². The molecule has 0 radical (unpaired) electrons. The van der Waals surface area contributed by atoms with Crippen LogP contribution in [0.3, 0.4) is 0 Å². The number of allylic oxidation sites excluding steroid dienone is 1. The van der Waals surface area contributed by atoms with Gasteiger partial charge in [0.2, 0.25) is 5.90 Å². The van der Waals surface area contributed by atoms with E-state index in [1.807, 2.05) is 38.9 Å². The number of hydrogen-bond acceptors (Lipinski definition) is 4. The topological polar surface area (TPSA) is 47.9 Å². The monoisotopic (exact) mass is 409 g/mol. The van der Waals surface area contributed by atoms with Gasteiger partial charge < -0.3 is 9.94 Å². The van der Waals surface area contributed by atoms with Gasteiger partial charge in [-0.3, -0.25) is 9.66 Å². The number of benzene rings is 1. The first-order chi connectivity index (χ1) is 14.1. The van der Waals surface area contributed by atoms with Gasteiger partial charge in [-0.25, -0.2) is 0 Å². The van der Waals surface area contributed by atoms with Gasteiger partial charge in [-0.15, -0.1) is 5.10 Å². The molecule has 162 valence electrons. The van der Waals surface area contributed by atoms with Crippen LogP contribution in [0.1, 0.15) is 56.7 Å². The molecule has 3 unspecified atom stereocenters. The quantitative estimate of drug-likeness (QED) is 0.466. The predicted octanol–water partition coefficient (Wildman–Crippen LogP) is 5.69. The third-order valence-electron chi connectivity index (χ3n) is 7.05. The summed E-state index contributed by atoms with van der Waals surface area (Å²) >= 11 is 0. The van der Waals surface area contributed by atoms with Crippen LogP contribution in [-0.2, 0) is 4.74 Å². The summed E-state index contributed by atoms with van der Waals surface area (Å²) in [7, 11) is 1.92. The Morgan fingerprint density at radius 1 is 1.07 bits per heavy atom. The fourth-order valence-electron chi connectivity index (χ4n) is 5.68. The number of quaternary nitrogens is 1. The Hall–Kier alpha value is -2.11. The minimum Gasteiger partial charge on any atom is -0.617 e. The maximum atomic E-state index is 14.5. The lowest BCUT2D eigenvalue weighted by Gasteiger charge is -2.44. The zero-order chi connectivity index (χ0) is 21.8. The molecule has 4 rings (SSSR count). The molecule has 3 atom stereocenters. The molecule has 5 heteroatoms. The van der Waals surface area contributed by atoms with Crippen LogP contribution < -0.4 is 4.65 Å². The molecule has 1 fully saturated rings. The summed E-state index contributed by atoms with van der Waals surface area (Å²) in [5.41, 5.74) is 6.54. The Morgan fingerprint density at radius 3 is 2.27 bits per heavy atom. The summed E-state index contributed by atoms with van der Waals surface area (Å²) in [5.74, 6) is 1.60. The largest absolute Gasteiger partial charge is 0.617 e. The fourth-order valence-corrected chi connectivity index (χ4v) is 5.68. The van der Waals surface area contributed by atoms with Crippen LogP contribution in [0.25, 0.3) is 0 Å². The molecule has 3 aliphatic rings. The van der Waals surface area contributed by atoms with E-state index in [4.69, 9.17) is 9.84 Å². The van der Waals surface area contributed by atoms with Gasteiger partial charge in [0.15, 0.2) is 5.70 Å². The lowest BCUT2D eigenvalue weighted by atomic mass is 9.80. The van der Waals surface area contributed by atoms with Gasteiger partial charge in [-0.05, 0) is 45.4 Å². The standard InChI is InChI=1S/C25H35N3O2/c1-15-11-18(4)23(19(5)12-15)28(29)20(6)13-21-22(28)14-27(7)26-25(21)30-24-16(2)9-8-10-17(24)3/h11-13,16-17,24H,8-10,14H2,1-7H3. The number of hydrazone groups is 1. The smallest absolute Gasteiger partial charge is 0.244 e. The highest BCUT2D eigenvalue weighted by Crippen LogP contribution is 2.46. The van der Waals surface area contributed by atoms with Crippen molar-refractivity contribution < 1.29 is 4.74 Å². The first kappa shape index (κ1) is 21.1. The summed E-state index contributed by atoms with van der Waals surface area (Å²) in [6.07, 6.45) is 5.77. The molecule has 5 nitrogen and oxygen atoms in total.